The molecule has 2 aliphatic rings. The van der Waals surface area contributed by atoms with Crippen LogP contribution in [0.15, 0.2) is 0 Å². The summed E-state index contributed by atoms with van der Waals surface area (Å²) in [5.74, 6) is 0.981. The van der Waals surface area contributed by atoms with E-state index in [0.29, 0.717) is 0 Å². The van der Waals surface area contributed by atoms with Gasteiger partial charge in [0, 0.05) is 25.7 Å². The predicted molar refractivity (Wildman–Crippen MR) is 63.9 cm³/mol. The smallest absolute Gasteiger partial charge is 0.0195 e. The summed E-state index contributed by atoms with van der Waals surface area (Å²) in [6.45, 7) is 5.58. The molecule has 3 heteroatoms. The second kappa shape index (κ2) is 5.83. The van der Waals surface area contributed by atoms with Gasteiger partial charge in [0.05, 0.1) is 0 Å². The van der Waals surface area contributed by atoms with Crippen LogP contribution in [0.5, 0.6) is 0 Å². The molecular weight excluding hydrogens is 186 g/mol. The highest BCUT2D eigenvalue weighted by molar-refractivity contribution is 4.80. The molecule has 0 spiro atoms. The van der Waals surface area contributed by atoms with Crippen LogP contribution < -0.4 is 11.1 Å². The van der Waals surface area contributed by atoms with Gasteiger partial charge < -0.3 is 16.0 Å². The van der Waals surface area contributed by atoms with Gasteiger partial charge in [0.1, 0.15) is 0 Å². The van der Waals surface area contributed by atoms with Crippen molar-refractivity contribution in [3.05, 3.63) is 0 Å². The fourth-order valence-electron chi connectivity index (χ4n) is 2.64. The number of piperidine rings is 1. The SMILES string of the molecule is NCCN1CCCC(NCC2CCC2)C1. The minimum atomic E-state index is 0.728. The van der Waals surface area contributed by atoms with Gasteiger partial charge in [-0.25, -0.2) is 0 Å². The van der Waals surface area contributed by atoms with E-state index < -0.39 is 0 Å². The van der Waals surface area contributed by atoms with Gasteiger partial charge in [0.2, 0.25) is 0 Å². The van der Waals surface area contributed by atoms with Crippen molar-refractivity contribution >= 4 is 0 Å². The molecule has 0 aromatic carbocycles. The van der Waals surface area contributed by atoms with E-state index in [1.807, 2.05) is 0 Å². The van der Waals surface area contributed by atoms with Gasteiger partial charge in [-0.3, -0.25) is 0 Å². The molecule has 2 rings (SSSR count). The minimum absolute atomic E-state index is 0.728. The van der Waals surface area contributed by atoms with E-state index in [-0.39, 0.29) is 0 Å². The Kier molecular flexibility index (Phi) is 4.42. The molecular formula is C12H25N3. The second-order valence-corrected chi connectivity index (χ2v) is 5.13. The molecule has 1 unspecified atom stereocenters. The van der Waals surface area contributed by atoms with Crippen LogP contribution in [0.2, 0.25) is 0 Å². The number of nitrogens with one attached hydrogen (secondary N) is 1. The maximum atomic E-state index is 5.60. The molecule has 0 aromatic rings. The van der Waals surface area contributed by atoms with Gasteiger partial charge >= 0.3 is 0 Å². The average Bonchev–Trinajstić information content (AvgIpc) is 2.16. The highest BCUT2D eigenvalue weighted by atomic mass is 15.2. The Labute approximate surface area is 93.4 Å². The second-order valence-electron chi connectivity index (χ2n) is 5.13. The van der Waals surface area contributed by atoms with E-state index in [1.165, 1.54) is 51.7 Å². The van der Waals surface area contributed by atoms with Crippen molar-refractivity contribution in [2.75, 3.05) is 32.7 Å². The van der Waals surface area contributed by atoms with Gasteiger partial charge in [-0.15, -0.1) is 0 Å². The first-order chi connectivity index (χ1) is 7.38. The number of nitrogens with zero attached hydrogens (tertiary/aromatic N) is 1. The predicted octanol–water partition coefficient (Wildman–Crippen LogP) is 0.799. The molecule has 88 valence electrons. The van der Waals surface area contributed by atoms with Crippen molar-refractivity contribution < 1.29 is 0 Å². The molecule has 1 atom stereocenters. The normalized spacial score (nSPS) is 29.0. The zero-order valence-corrected chi connectivity index (χ0v) is 9.75. The lowest BCUT2D eigenvalue weighted by Crippen LogP contribution is -2.48. The molecule has 15 heavy (non-hydrogen) atoms. The molecule has 1 saturated carbocycles. The van der Waals surface area contributed by atoms with Gasteiger partial charge in [-0.2, -0.15) is 0 Å². The minimum Gasteiger partial charge on any atom is -0.329 e. The summed E-state index contributed by atoms with van der Waals surface area (Å²) in [6, 6.07) is 0.728. The summed E-state index contributed by atoms with van der Waals surface area (Å²) < 4.78 is 0. The zero-order chi connectivity index (χ0) is 10.5. The maximum Gasteiger partial charge on any atom is 0.0195 e. The molecule has 1 aliphatic heterocycles. The number of likely N-dealkylation sites (tertiary alicyclic amines) is 1. The third kappa shape index (κ3) is 3.44. The standard InChI is InChI=1S/C12H25N3/c13-6-8-15-7-2-5-12(10-15)14-9-11-3-1-4-11/h11-12,14H,1-10,13H2. The van der Waals surface area contributed by atoms with Crippen molar-refractivity contribution in [3.8, 4) is 0 Å². The lowest BCUT2D eigenvalue weighted by molar-refractivity contribution is 0.183. The molecule has 1 aliphatic carbocycles. The van der Waals surface area contributed by atoms with E-state index in [0.717, 1.165) is 25.0 Å². The van der Waals surface area contributed by atoms with E-state index in [2.05, 4.69) is 10.2 Å². The van der Waals surface area contributed by atoms with E-state index in [4.69, 9.17) is 5.73 Å². The van der Waals surface area contributed by atoms with Gasteiger partial charge in [0.25, 0.3) is 0 Å². The molecule has 3 nitrogen and oxygen atoms in total. The fourth-order valence-corrected chi connectivity index (χ4v) is 2.64. The highest BCUT2D eigenvalue weighted by Gasteiger charge is 2.22. The molecule has 2 fully saturated rings. The van der Waals surface area contributed by atoms with Gasteiger partial charge in [-0.1, -0.05) is 6.42 Å². The Hall–Kier alpha value is -0.120. The Balaban J connectivity index is 1.63. The fraction of sp³-hybridized carbons (Fsp3) is 1.00. The maximum absolute atomic E-state index is 5.60. The van der Waals surface area contributed by atoms with Crippen LogP contribution in [0.25, 0.3) is 0 Å². The molecule has 1 heterocycles. The van der Waals surface area contributed by atoms with Crippen LogP contribution in [0.1, 0.15) is 32.1 Å². The Morgan fingerprint density at radius 2 is 2.07 bits per heavy atom. The Morgan fingerprint density at radius 3 is 2.73 bits per heavy atom. The summed E-state index contributed by atoms with van der Waals surface area (Å²) >= 11 is 0. The van der Waals surface area contributed by atoms with E-state index in [1.54, 1.807) is 0 Å². The summed E-state index contributed by atoms with van der Waals surface area (Å²) in [7, 11) is 0. The molecule has 3 N–H and O–H groups in total. The Bertz CT molecular complexity index is 178. The van der Waals surface area contributed by atoms with Crippen LogP contribution in [-0.4, -0.2) is 43.7 Å². The summed E-state index contributed by atoms with van der Waals surface area (Å²) in [4.78, 5) is 2.50. The summed E-state index contributed by atoms with van der Waals surface area (Å²) in [5, 5.41) is 3.73. The first kappa shape index (κ1) is 11.4. The van der Waals surface area contributed by atoms with Crippen molar-refractivity contribution in [2.24, 2.45) is 11.7 Å². The van der Waals surface area contributed by atoms with E-state index >= 15 is 0 Å². The molecule has 0 radical (unpaired) electrons. The Morgan fingerprint density at radius 1 is 1.20 bits per heavy atom. The lowest BCUT2D eigenvalue weighted by atomic mass is 9.85. The molecule has 1 saturated heterocycles. The molecule has 0 amide bonds. The van der Waals surface area contributed by atoms with Crippen LogP contribution in [0.3, 0.4) is 0 Å². The first-order valence-electron chi connectivity index (χ1n) is 6.54. The zero-order valence-electron chi connectivity index (χ0n) is 9.75. The summed E-state index contributed by atoms with van der Waals surface area (Å²) in [6.07, 6.45) is 7.05. The van der Waals surface area contributed by atoms with Crippen LogP contribution in [0, 0.1) is 5.92 Å². The quantitative estimate of drug-likeness (QED) is 0.707. The number of nitrogens with two attached hydrogens (primary N) is 1. The monoisotopic (exact) mass is 211 g/mol. The van der Waals surface area contributed by atoms with Crippen molar-refractivity contribution in [2.45, 2.75) is 38.1 Å². The third-order valence-corrected chi connectivity index (χ3v) is 3.87. The van der Waals surface area contributed by atoms with Crippen molar-refractivity contribution in [1.82, 2.24) is 10.2 Å². The molecule has 0 bridgehead atoms. The van der Waals surface area contributed by atoms with Crippen LogP contribution in [-0.2, 0) is 0 Å². The molecule has 0 aromatic heterocycles. The van der Waals surface area contributed by atoms with Gasteiger partial charge in [0.15, 0.2) is 0 Å². The topological polar surface area (TPSA) is 41.3 Å². The average molecular weight is 211 g/mol. The number of rotatable bonds is 5. The number of hydrogen-bond acceptors (Lipinski definition) is 3. The van der Waals surface area contributed by atoms with E-state index in [9.17, 15) is 0 Å². The van der Waals surface area contributed by atoms with Crippen molar-refractivity contribution in [1.29, 1.82) is 0 Å². The van der Waals surface area contributed by atoms with Crippen molar-refractivity contribution in [3.63, 3.8) is 0 Å². The number of hydrogen-bond donors (Lipinski definition) is 2. The first-order valence-corrected chi connectivity index (χ1v) is 6.54. The van der Waals surface area contributed by atoms with Gasteiger partial charge in [-0.05, 0) is 44.7 Å². The van der Waals surface area contributed by atoms with Crippen LogP contribution in [0.4, 0.5) is 0 Å². The lowest BCUT2D eigenvalue weighted by Gasteiger charge is -2.35. The largest absolute Gasteiger partial charge is 0.329 e. The third-order valence-electron chi connectivity index (χ3n) is 3.87. The summed E-state index contributed by atoms with van der Waals surface area (Å²) in [5.41, 5.74) is 5.60. The van der Waals surface area contributed by atoms with Crippen LogP contribution >= 0.6 is 0 Å². The highest BCUT2D eigenvalue weighted by Crippen LogP contribution is 2.25.